The van der Waals surface area contributed by atoms with Crippen molar-refractivity contribution >= 4 is 0 Å². The first-order chi connectivity index (χ1) is 5.11. The van der Waals surface area contributed by atoms with Crippen molar-refractivity contribution in [2.24, 2.45) is 11.3 Å². The van der Waals surface area contributed by atoms with Crippen molar-refractivity contribution in [3.05, 3.63) is 0 Å². The van der Waals surface area contributed by atoms with Crippen LogP contribution in [0.3, 0.4) is 0 Å². The van der Waals surface area contributed by atoms with Crippen LogP contribution in [-0.2, 0) is 4.74 Å². The minimum Gasteiger partial charge on any atom is -0.369 e. The molecule has 1 aliphatic heterocycles. The molecule has 72 valence electrons. The summed E-state index contributed by atoms with van der Waals surface area (Å²) in [7, 11) is 0. The van der Waals surface area contributed by atoms with Crippen LogP contribution < -0.4 is 0 Å². The van der Waals surface area contributed by atoms with E-state index in [2.05, 4.69) is 48.5 Å². The highest BCUT2D eigenvalue weighted by atomic mass is 16.5. The summed E-state index contributed by atoms with van der Waals surface area (Å²) in [5, 5.41) is 0. The van der Waals surface area contributed by atoms with Gasteiger partial charge in [-0.25, -0.2) is 0 Å². The summed E-state index contributed by atoms with van der Waals surface area (Å²) < 4.78 is 6.06. The lowest BCUT2D eigenvalue weighted by Gasteiger charge is -2.35. The Balaban J connectivity index is 3.05. The average Bonchev–Trinajstić information content (AvgIpc) is 1.90. The number of hydrogen-bond acceptors (Lipinski definition) is 1. The van der Waals surface area contributed by atoms with Crippen molar-refractivity contribution in [2.75, 3.05) is 0 Å². The summed E-state index contributed by atoms with van der Waals surface area (Å²) in [6.07, 6.45) is 0. The van der Waals surface area contributed by atoms with Crippen LogP contribution >= 0.6 is 0 Å². The number of rotatable bonds is 0. The lowest BCUT2D eigenvalue weighted by molar-refractivity contribution is -0.0892. The van der Waals surface area contributed by atoms with E-state index in [0.29, 0.717) is 5.92 Å². The predicted octanol–water partition coefficient (Wildman–Crippen LogP) is 3.24. The van der Waals surface area contributed by atoms with Crippen LogP contribution in [0.25, 0.3) is 0 Å². The molecule has 1 aliphatic rings. The Hall–Kier alpha value is -0.0400. The Bertz CT molecular complexity index is 189. The van der Waals surface area contributed by atoms with E-state index in [-0.39, 0.29) is 16.6 Å². The van der Waals surface area contributed by atoms with E-state index in [9.17, 15) is 0 Å². The molecule has 0 aliphatic carbocycles. The Morgan fingerprint density at radius 1 is 0.917 bits per heavy atom. The minimum absolute atomic E-state index is 0.00405. The molecular formula is C11H22O. The summed E-state index contributed by atoms with van der Waals surface area (Å²) >= 11 is 0. The van der Waals surface area contributed by atoms with Crippen LogP contribution in [-0.4, -0.2) is 11.2 Å². The van der Waals surface area contributed by atoms with Gasteiger partial charge >= 0.3 is 0 Å². The third-order valence-electron chi connectivity index (χ3n) is 4.20. The van der Waals surface area contributed by atoms with Crippen molar-refractivity contribution < 1.29 is 4.74 Å². The van der Waals surface area contributed by atoms with E-state index in [1.807, 2.05) is 0 Å². The van der Waals surface area contributed by atoms with Crippen molar-refractivity contribution in [3.63, 3.8) is 0 Å². The molecule has 0 amide bonds. The first-order valence-electron chi connectivity index (χ1n) is 4.81. The van der Waals surface area contributed by atoms with Gasteiger partial charge in [0.2, 0.25) is 0 Å². The molecule has 1 heteroatoms. The predicted molar refractivity (Wildman–Crippen MR) is 52.2 cm³/mol. The average molecular weight is 170 g/mol. The summed E-state index contributed by atoms with van der Waals surface area (Å²) in [6.45, 7) is 15.6. The second-order valence-electron chi connectivity index (χ2n) is 5.66. The molecule has 1 rings (SSSR count). The lowest BCUT2D eigenvalue weighted by Crippen LogP contribution is -2.37. The van der Waals surface area contributed by atoms with Crippen LogP contribution in [0, 0.1) is 11.3 Å². The molecule has 12 heavy (non-hydrogen) atoms. The number of ether oxygens (including phenoxy) is 1. The molecule has 1 heterocycles. The second-order valence-corrected chi connectivity index (χ2v) is 5.66. The molecule has 0 radical (unpaired) electrons. The maximum Gasteiger partial charge on any atom is 0.0688 e. The Morgan fingerprint density at radius 3 is 1.42 bits per heavy atom. The molecule has 1 saturated heterocycles. The molecule has 0 bridgehead atoms. The lowest BCUT2D eigenvalue weighted by atomic mass is 9.67. The molecule has 1 fully saturated rings. The fraction of sp³-hybridized carbons (Fsp3) is 1.00. The van der Waals surface area contributed by atoms with E-state index in [4.69, 9.17) is 4.74 Å². The highest BCUT2D eigenvalue weighted by Crippen LogP contribution is 2.54. The van der Waals surface area contributed by atoms with Crippen LogP contribution in [0.1, 0.15) is 48.5 Å². The maximum atomic E-state index is 6.06. The second kappa shape index (κ2) is 2.25. The van der Waals surface area contributed by atoms with Crippen molar-refractivity contribution in [1.82, 2.24) is 0 Å². The summed E-state index contributed by atoms with van der Waals surface area (Å²) in [5.74, 6) is 0.597. The van der Waals surface area contributed by atoms with Gasteiger partial charge in [0.1, 0.15) is 0 Å². The van der Waals surface area contributed by atoms with Gasteiger partial charge in [0.25, 0.3) is 0 Å². The Morgan fingerprint density at radius 2 is 1.33 bits per heavy atom. The van der Waals surface area contributed by atoms with Crippen LogP contribution in [0.15, 0.2) is 0 Å². The van der Waals surface area contributed by atoms with E-state index in [1.165, 1.54) is 0 Å². The van der Waals surface area contributed by atoms with E-state index in [0.717, 1.165) is 0 Å². The zero-order chi connectivity index (χ0) is 9.78. The highest BCUT2D eigenvalue weighted by Gasteiger charge is 2.56. The van der Waals surface area contributed by atoms with Crippen molar-refractivity contribution in [2.45, 2.75) is 59.7 Å². The van der Waals surface area contributed by atoms with E-state index < -0.39 is 0 Å². The largest absolute Gasteiger partial charge is 0.369 e. The van der Waals surface area contributed by atoms with Gasteiger partial charge in [0.15, 0.2) is 0 Å². The molecule has 0 spiro atoms. The zero-order valence-electron chi connectivity index (χ0n) is 9.49. The van der Waals surface area contributed by atoms with Gasteiger partial charge in [0.05, 0.1) is 11.2 Å². The minimum atomic E-state index is -0.00405. The standard InChI is InChI=1S/C11H22O/c1-8-9(2,3)11(6,7)12-10(8,4)5/h8H,1-7H3. The van der Waals surface area contributed by atoms with E-state index in [1.54, 1.807) is 0 Å². The Labute approximate surface area is 76.5 Å². The highest BCUT2D eigenvalue weighted by molar-refractivity contribution is 5.04. The first-order valence-corrected chi connectivity index (χ1v) is 4.81. The Kier molecular flexibility index (Phi) is 1.89. The van der Waals surface area contributed by atoms with Crippen molar-refractivity contribution in [3.8, 4) is 0 Å². The van der Waals surface area contributed by atoms with Gasteiger partial charge in [-0.05, 0) is 39.0 Å². The fourth-order valence-corrected chi connectivity index (χ4v) is 2.27. The van der Waals surface area contributed by atoms with Crippen LogP contribution in [0.4, 0.5) is 0 Å². The molecule has 1 atom stereocenters. The third kappa shape index (κ3) is 1.10. The van der Waals surface area contributed by atoms with Gasteiger partial charge in [-0.1, -0.05) is 20.8 Å². The molecule has 0 N–H and O–H groups in total. The molecule has 0 saturated carbocycles. The molecular weight excluding hydrogens is 148 g/mol. The summed E-state index contributed by atoms with van der Waals surface area (Å²) in [4.78, 5) is 0. The van der Waals surface area contributed by atoms with Gasteiger partial charge in [-0.2, -0.15) is 0 Å². The van der Waals surface area contributed by atoms with Gasteiger partial charge < -0.3 is 4.74 Å². The van der Waals surface area contributed by atoms with Gasteiger partial charge in [-0.15, -0.1) is 0 Å². The topological polar surface area (TPSA) is 9.23 Å². The molecule has 0 aromatic carbocycles. The smallest absolute Gasteiger partial charge is 0.0688 e. The molecule has 1 nitrogen and oxygen atoms in total. The molecule has 0 aromatic heterocycles. The van der Waals surface area contributed by atoms with Crippen LogP contribution in [0.5, 0.6) is 0 Å². The van der Waals surface area contributed by atoms with Gasteiger partial charge in [-0.3, -0.25) is 0 Å². The molecule has 0 aromatic rings. The maximum absolute atomic E-state index is 6.06. The SMILES string of the molecule is CC1C(C)(C)OC(C)(C)C1(C)C. The monoisotopic (exact) mass is 170 g/mol. The third-order valence-corrected chi connectivity index (χ3v) is 4.20. The number of hydrogen-bond donors (Lipinski definition) is 0. The summed E-state index contributed by atoms with van der Waals surface area (Å²) in [6, 6.07) is 0. The molecule has 1 unspecified atom stereocenters. The van der Waals surface area contributed by atoms with E-state index >= 15 is 0 Å². The normalized spacial score (nSPS) is 36.8. The van der Waals surface area contributed by atoms with Crippen LogP contribution in [0.2, 0.25) is 0 Å². The van der Waals surface area contributed by atoms with Crippen molar-refractivity contribution in [1.29, 1.82) is 0 Å². The first kappa shape index (κ1) is 10.0. The van der Waals surface area contributed by atoms with Gasteiger partial charge in [0, 0.05) is 0 Å². The fourth-order valence-electron chi connectivity index (χ4n) is 2.27. The zero-order valence-corrected chi connectivity index (χ0v) is 9.49. The quantitative estimate of drug-likeness (QED) is 0.542. The summed E-state index contributed by atoms with van der Waals surface area (Å²) in [5.41, 5.74) is 0.277.